The molecular weight excluding hydrogens is 226 g/mol. The van der Waals surface area contributed by atoms with Gasteiger partial charge in [0.1, 0.15) is 0 Å². The highest BCUT2D eigenvalue weighted by molar-refractivity contribution is 9.10. The molecule has 66 valence electrons. The van der Waals surface area contributed by atoms with Crippen LogP contribution in [0.25, 0.3) is 0 Å². The Labute approximate surface area is 77.6 Å². The van der Waals surface area contributed by atoms with Gasteiger partial charge in [0, 0.05) is 12.7 Å². The van der Waals surface area contributed by atoms with E-state index in [1.165, 1.54) is 12.3 Å². The summed E-state index contributed by atoms with van der Waals surface area (Å²) in [4.78, 5) is 10.5. The maximum atomic E-state index is 10.5. The van der Waals surface area contributed by atoms with E-state index in [0.717, 1.165) is 0 Å². The number of hydrogen-bond acceptors (Lipinski definition) is 2. The number of hydrogen-bond donors (Lipinski definition) is 2. The smallest absolute Gasteiger partial charge is 0.337 e. The molecule has 0 saturated heterocycles. The second-order valence-electron chi connectivity index (χ2n) is 2.27. The first kappa shape index (κ1) is 9.28. The lowest BCUT2D eigenvalue weighted by atomic mass is 10.4. The first-order valence-electron chi connectivity index (χ1n) is 3.35. The summed E-state index contributed by atoms with van der Waals surface area (Å²) in [5.41, 5.74) is 0.218. The van der Waals surface area contributed by atoms with Crippen LogP contribution in [0, 0.1) is 0 Å². The van der Waals surface area contributed by atoms with Crippen LogP contribution in [0.3, 0.4) is 0 Å². The normalized spacial score (nSPS) is 10.2. The third-order valence-corrected chi connectivity index (χ3v) is 2.12. The number of aromatic nitrogens is 1. The Balaban J connectivity index is 2.92. The van der Waals surface area contributed by atoms with E-state index in [1.807, 2.05) is 0 Å². The van der Waals surface area contributed by atoms with Crippen LogP contribution in [-0.4, -0.2) is 27.4 Å². The van der Waals surface area contributed by atoms with Crippen molar-refractivity contribution >= 4 is 21.9 Å². The molecule has 4 nitrogen and oxygen atoms in total. The lowest BCUT2D eigenvalue weighted by Crippen LogP contribution is -2.00. The van der Waals surface area contributed by atoms with Crippen molar-refractivity contribution in [1.29, 1.82) is 0 Å². The lowest BCUT2D eigenvalue weighted by molar-refractivity contribution is 0.0696. The minimum atomic E-state index is -0.965. The SMILES string of the molecule is O=C(O)c1cc(Br)n(CCO)c1. The van der Waals surface area contributed by atoms with E-state index in [4.69, 9.17) is 10.2 Å². The van der Waals surface area contributed by atoms with E-state index in [-0.39, 0.29) is 12.2 Å². The molecule has 1 aromatic rings. The summed E-state index contributed by atoms with van der Waals surface area (Å²) in [6, 6.07) is 1.50. The van der Waals surface area contributed by atoms with Crippen LogP contribution < -0.4 is 0 Å². The zero-order valence-electron chi connectivity index (χ0n) is 6.20. The van der Waals surface area contributed by atoms with Crippen molar-refractivity contribution in [3.8, 4) is 0 Å². The van der Waals surface area contributed by atoms with Gasteiger partial charge in [-0.2, -0.15) is 0 Å². The van der Waals surface area contributed by atoms with Gasteiger partial charge in [0.25, 0.3) is 0 Å². The standard InChI is InChI=1S/C7H8BrNO3/c8-6-3-5(7(11)12)4-9(6)1-2-10/h3-4,10H,1-2H2,(H,11,12). The molecule has 12 heavy (non-hydrogen) atoms. The first-order valence-corrected chi connectivity index (χ1v) is 4.14. The minimum Gasteiger partial charge on any atom is -0.478 e. The number of rotatable bonds is 3. The fraction of sp³-hybridized carbons (Fsp3) is 0.286. The zero-order valence-corrected chi connectivity index (χ0v) is 7.78. The maximum Gasteiger partial charge on any atom is 0.337 e. The highest BCUT2D eigenvalue weighted by Crippen LogP contribution is 2.14. The first-order chi connectivity index (χ1) is 5.65. The van der Waals surface area contributed by atoms with Crippen LogP contribution in [0.15, 0.2) is 16.9 Å². The van der Waals surface area contributed by atoms with Gasteiger partial charge in [-0.3, -0.25) is 0 Å². The monoisotopic (exact) mass is 233 g/mol. The van der Waals surface area contributed by atoms with Gasteiger partial charge in [-0.1, -0.05) is 0 Å². The number of carbonyl (C=O) groups is 1. The van der Waals surface area contributed by atoms with E-state index in [9.17, 15) is 4.79 Å². The van der Waals surface area contributed by atoms with Crippen molar-refractivity contribution in [2.75, 3.05) is 6.61 Å². The summed E-state index contributed by atoms with van der Waals surface area (Å²) in [5, 5.41) is 17.2. The number of carboxylic acids is 1. The molecule has 5 heteroatoms. The average Bonchev–Trinajstić information content (AvgIpc) is 2.34. The molecule has 0 saturated carbocycles. The largest absolute Gasteiger partial charge is 0.478 e. The molecule has 0 fully saturated rings. The van der Waals surface area contributed by atoms with Crippen LogP contribution in [-0.2, 0) is 6.54 Å². The van der Waals surface area contributed by atoms with Crippen LogP contribution in [0.5, 0.6) is 0 Å². The fourth-order valence-electron chi connectivity index (χ4n) is 0.874. The second-order valence-corrected chi connectivity index (χ2v) is 3.09. The Morgan fingerprint density at radius 2 is 2.33 bits per heavy atom. The number of carboxylic acid groups (broad SMARTS) is 1. The van der Waals surface area contributed by atoms with Gasteiger partial charge in [-0.25, -0.2) is 4.79 Å². The average molecular weight is 234 g/mol. The van der Waals surface area contributed by atoms with Crippen molar-refractivity contribution < 1.29 is 15.0 Å². The van der Waals surface area contributed by atoms with Crippen LogP contribution in [0.1, 0.15) is 10.4 Å². The lowest BCUT2D eigenvalue weighted by Gasteiger charge is -1.99. The molecule has 0 radical (unpaired) electrons. The molecular formula is C7H8BrNO3. The van der Waals surface area contributed by atoms with Gasteiger partial charge in [0.2, 0.25) is 0 Å². The Hall–Kier alpha value is -0.810. The van der Waals surface area contributed by atoms with E-state index < -0.39 is 5.97 Å². The predicted molar refractivity (Wildman–Crippen MR) is 46.2 cm³/mol. The minimum absolute atomic E-state index is 0.00760. The molecule has 0 amide bonds. The van der Waals surface area contributed by atoms with Gasteiger partial charge in [0.15, 0.2) is 0 Å². The third kappa shape index (κ3) is 1.86. The number of halogens is 1. The van der Waals surface area contributed by atoms with E-state index in [1.54, 1.807) is 4.57 Å². The molecule has 0 spiro atoms. The topological polar surface area (TPSA) is 62.5 Å². The Morgan fingerprint density at radius 1 is 1.67 bits per heavy atom. The van der Waals surface area contributed by atoms with Gasteiger partial charge >= 0.3 is 5.97 Å². The van der Waals surface area contributed by atoms with Gasteiger partial charge in [-0.05, 0) is 22.0 Å². The molecule has 0 aliphatic rings. The van der Waals surface area contributed by atoms with Crippen LogP contribution in [0.2, 0.25) is 0 Å². The molecule has 0 aliphatic carbocycles. The van der Waals surface area contributed by atoms with Crippen molar-refractivity contribution in [1.82, 2.24) is 4.57 Å². The highest BCUT2D eigenvalue weighted by atomic mass is 79.9. The summed E-state index contributed by atoms with van der Waals surface area (Å²) in [7, 11) is 0. The van der Waals surface area contributed by atoms with Crippen molar-refractivity contribution in [2.24, 2.45) is 0 Å². The van der Waals surface area contributed by atoms with E-state index in [2.05, 4.69) is 15.9 Å². The molecule has 1 aromatic heterocycles. The highest BCUT2D eigenvalue weighted by Gasteiger charge is 2.08. The fourth-order valence-corrected chi connectivity index (χ4v) is 1.40. The van der Waals surface area contributed by atoms with Gasteiger partial charge in [-0.15, -0.1) is 0 Å². The molecule has 2 N–H and O–H groups in total. The molecule has 0 aromatic carbocycles. The molecule has 1 heterocycles. The van der Waals surface area contributed by atoms with Gasteiger partial charge < -0.3 is 14.8 Å². The molecule has 1 rings (SSSR count). The summed E-state index contributed by atoms with van der Waals surface area (Å²) in [6.45, 7) is 0.389. The van der Waals surface area contributed by atoms with Crippen LogP contribution >= 0.6 is 15.9 Å². The van der Waals surface area contributed by atoms with E-state index >= 15 is 0 Å². The zero-order chi connectivity index (χ0) is 9.14. The quantitative estimate of drug-likeness (QED) is 0.818. The Bertz CT molecular complexity index is 295. The number of aliphatic hydroxyl groups excluding tert-OH is 1. The molecule has 0 unspecified atom stereocenters. The predicted octanol–water partition coefficient (Wildman–Crippen LogP) is 0.941. The second kappa shape index (κ2) is 3.73. The molecule has 0 bridgehead atoms. The summed E-state index contributed by atoms with van der Waals surface area (Å²) in [6.07, 6.45) is 1.47. The summed E-state index contributed by atoms with van der Waals surface area (Å²) in [5.74, 6) is -0.965. The molecule has 0 aliphatic heterocycles. The number of aromatic carboxylic acids is 1. The summed E-state index contributed by atoms with van der Waals surface area (Å²) < 4.78 is 2.29. The Morgan fingerprint density at radius 3 is 2.75 bits per heavy atom. The van der Waals surface area contributed by atoms with Crippen molar-refractivity contribution in [3.63, 3.8) is 0 Å². The van der Waals surface area contributed by atoms with Crippen molar-refractivity contribution in [3.05, 3.63) is 22.4 Å². The van der Waals surface area contributed by atoms with Crippen LogP contribution in [0.4, 0.5) is 0 Å². The summed E-state index contributed by atoms with van der Waals surface area (Å²) >= 11 is 3.17. The number of aliphatic hydroxyl groups is 1. The maximum absolute atomic E-state index is 10.5. The van der Waals surface area contributed by atoms with E-state index in [0.29, 0.717) is 11.1 Å². The Kier molecular flexibility index (Phi) is 2.88. The van der Waals surface area contributed by atoms with Crippen molar-refractivity contribution in [2.45, 2.75) is 6.54 Å². The third-order valence-electron chi connectivity index (χ3n) is 1.43. The molecule has 0 atom stereocenters. The van der Waals surface area contributed by atoms with Gasteiger partial charge in [0.05, 0.1) is 16.8 Å². The number of nitrogens with zero attached hydrogens (tertiary/aromatic N) is 1.